The lowest BCUT2D eigenvalue weighted by Crippen LogP contribution is -2.13. The number of thiophene rings is 1. The highest BCUT2D eigenvalue weighted by Gasteiger charge is 2.15. The Morgan fingerprint density at radius 1 is 1.03 bits per heavy atom. The molecule has 4 aromatic rings. The molecule has 2 aromatic carbocycles. The van der Waals surface area contributed by atoms with E-state index in [4.69, 9.17) is 0 Å². The molecular formula is C19H16N6O3S2. The first-order valence-corrected chi connectivity index (χ1v) is 11.1. The van der Waals surface area contributed by atoms with Crippen LogP contribution in [-0.4, -0.2) is 34.5 Å². The summed E-state index contributed by atoms with van der Waals surface area (Å²) >= 11 is 1.13. The van der Waals surface area contributed by atoms with Gasteiger partial charge in [0.1, 0.15) is 4.21 Å². The number of carbonyl (C=O) groups excluding carboxylic acids is 1. The molecule has 0 fully saturated rings. The maximum absolute atomic E-state index is 12.6. The van der Waals surface area contributed by atoms with Crippen molar-refractivity contribution in [2.45, 2.75) is 4.21 Å². The number of anilines is 2. The predicted molar refractivity (Wildman–Crippen MR) is 114 cm³/mol. The molecule has 4 rings (SSSR count). The molecule has 30 heavy (non-hydrogen) atoms. The standard InChI is InChI=1S/C19H16N6O3S2/c1-25-18(21-23-24-25)14-4-2-5-16(12-14)20-19(26)13-7-9-15(10-8-13)22-30(27,28)17-6-3-11-29-17/h2-12,22H,1H3,(H,20,26). The summed E-state index contributed by atoms with van der Waals surface area (Å²) in [6.07, 6.45) is 0. The second kappa shape index (κ2) is 8.05. The van der Waals surface area contributed by atoms with Crippen LogP contribution in [0.3, 0.4) is 0 Å². The van der Waals surface area contributed by atoms with Gasteiger partial charge < -0.3 is 5.32 Å². The van der Waals surface area contributed by atoms with E-state index in [0.29, 0.717) is 22.8 Å². The summed E-state index contributed by atoms with van der Waals surface area (Å²) < 4.78 is 28.8. The van der Waals surface area contributed by atoms with Crippen LogP contribution in [0, 0.1) is 0 Å². The van der Waals surface area contributed by atoms with E-state index in [1.807, 2.05) is 6.07 Å². The minimum Gasteiger partial charge on any atom is -0.322 e. The molecule has 152 valence electrons. The molecule has 0 aliphatic rings. The van der Waals surface area contributed by atoms with Gasteiger partial charge in [-0.2, -0.15) is 0 Å². The number of aryl methyl sites for hydroxylation is 1. The highest BCUT2D eigenvalue weighted by atomic mass is 32.2. The lowest BCUT2D eigenvalue weighted by Gasteiger charge is -2.09. The van der Waals surface area contributed by atoms with Gasteiger partial charge in [-0.25, -0.2) is 13.1 Å². The van der Waals surface area contributed by atoms with E-state index < -0.39 is 10.0 Å². The number of carbonyl (C=O) groups is 1. The predicted octanol–water partition coefficient (Wildman–Crippen LogP) is 2.99. The van der Waals surface area contributed by atoms with Crippen LogP contribution in [0.2, 0.25) is 0 Å². The first-order chi connectivity index (χ1) is 14.4. The fraction of sp³-hybridized carbons (Fsp3) is 0.0526. The third kappa shape index (κ3) is 4.21. The molecule has 2 aromatic heterocycles. The number of hydrogen-bond acceptors (Lipinski definition) is 7. The van der Waals surface area contributed by atoms with Crippen molar-refractivity contribution in [1.29, 1.82) is 0 Å². The molecule has 2 heterocycles. The lowest BCUT2D eigenvalue weighted by molar-refractivity contribution is 0.102. The number of nitrogens with one attached hydrogen (secondary N) is 2. The van der Waals surface area contributed by atoms with Gasteiger partial charge >= 0.3 is 0 Å². The Labute approximate surface area is 176 Å². The van der Waals surface area contributed by atoms with Crippen LogP contribution in [0.1, 0.15) is 10.4 Å². The summed E-state index contributed by atoms with van der Waals surface area (Å²) in [7, 11) is -1.90. The zero-order valence-electron chi connectivity index (χ0n) is 15.7. The first-order valence-electron chi connectivity index (χ1n) is 8.73. The van der Waals surface area contributed by atoms with E-state index in [9.17, 15) is 13.2 Å². The summed E-state index contributed by atoms with van der Waals surface area (Å²) in [5.41, 5.74) is 2.11. The molecule has 9 nitrogen and oxygen atoms in total. The Morgan fingerprint density at radius 2 is 1.83 bits per heavy atom. The molecule has 0 unspecified atom stereocenters. The molecular weight excluding hydrogens is 424 g/mol. The van der Waals surface area contributed by atoms with Crippen LogP contribution < -0.4 is 10.0 Å². The molecule has 1 amide bonds. The average Bonchev–Trinajstić information content (AvgIpc) is 3.41. The molecule has 0 spiro atoms. The van der Waals surface area contributed by atoms with Crippen molar-refractivity contribution in [2.24, 2.45) is 7.05 Å². The van der Waals surface area contributed by atoms with Crippen LogP contribution in [-0.2, 0) is 17.1 Å². The van der Waals surface area contributed by atoms with Gasteiger partial charge in [-0.15, -0.1) is 16.4 Å². The Hall–Kier alpha value is -3.57. The Morgan fingerprint density at radius 3 is 2.50 bits per heavy atom. The van der Waals surface area contributed by atoms with Crippen molar-refractivity contribution in [1.82, 2.24) is 20.2 Å². The average molecular weight is 441 g/mol. The van der Waals surface area contributed by atoms with Gasteiger partial charge in [-0.3, -0.25) is 9.52 Å². The number of rotatable bonds is 6. The second-order valence-electron chi connectivity index (χ2n) is 6.28. The van der Waals surface area contributed by atoms with Crippen LogP contribution in [0.15, 0.2) is 70.3 Å². The molecule has 2 N–H and O–H groups in total. The van der Waals surface area contributed by atoms with Crippen molar-refractivity contribution in [3.05, 3.63) is 71.6 Å². The van der Waals surface area contributed by atoms with E-state index in [1.165, 1.54) is 10.7 Å². The number of benzene rings is 2. The van der Waals surface area contributed by atoms with Crippen molar-refractivity contribution in [3.63, 3.8) is 0 Å². The summed E-state index contributed by atoms with van der Waals surface area (Å²) in [5, 5.41) is 15.9. The quantitative estimate of drug-likeness (QED) is 0.476. The number of tetrazole rings is 1. The fourth-order valence-corrected chi connectivity index (χ4v) is 4.78. The van der Waals surface area contributed by atoms with Crippen LogP contribution in [0.5, 0.6) is 0 Å². The molecule has 0 saturated heterocycles. The number of nitrogens with zero attached hydrogens (tertiary/aromatic N) is 4. The van der Waals surface area contributed by atoms with Crippen molar-refractivity contribution in [3.8, 4) is 11.4 Å². The number of sulfonamides is 1. The molecule has 11 heteroatoms. The van der Waals surface area contributed by atoms with Gasteiger partial charge in [0.15, 0.2) is 5.82 Å². The third-order valence-corrected chi connectivity index (χ3v) is 6.94. The molecule has 0 saturated carbocycles. The van der Waals surface area contributed by atoms with Crippen molar-refractivity contribution < 1.29 is 13.2 Å². The molecule has 0 bridgehead atoms. The Balaban J connectivity index is 1.46. The maximum atomic E-state index is 12.6. The van der Waals surface area contributed by atoms with Gasteiger partial charge in [0.2, 0.25) is 0 Å². The van der Waals surface area contributed by atoms with E-state index in [2.05, 4.69) is 25.6 Å². The molecule has 0 aliphatic carbocycles. The fourth-order valence-electron chi connectivity index (χ4n) is 2.72. The van der Waals surface area contributed by atoms with Crippen LogP contribution in [0.4, 0.5) is 11.4 Å². The van der Waals surface area contributed by atoms with Crippen molar-refractivity contribution in [2.75, 3.05) is 10.0 Å². The number of amides is 1. The Bertz CT molecular complexity index is 1280. The SMILES string of the molecule is Cn1nnnc1-c1cccc(NC(=O)c2ccc(NS(=O)(=O)c3cccs3)cc2)c1. The topological polar surface area (TPSA) is 119 Å². The highest BCUT2D eigenvalue weighted by Crippen LogP contribution is 2.22. The summed E-state index contributed by atoms with van der Waals surface area (Å²) in [5.74, 6) is 0.254. The van der Waals surface area contributed by atoms with Gasteiger partial charge in [0, 0.05) is 29.5 Å². The largest absolute Gasteiger partial charge is 0.322 e. The minimum atomic E-state index is -3.63. The highest BCUT2D eigenvalue weighted by molar-refractivity contribution is 7.94. The molecule has 0 aliphatic heterocycles. The van der Waals surface area contributed by atoms with Crippen LogP contribution in [0.25, 0.3) is 11.4 Å². The zero-order valence-corrected chi connectivity index (χ0v) is 17.3. The van der Waals surface area contributed by atoms with Gasteiger partial charge in [0.05, 0.1) is 0 Å². The zero-order chi connectivity index (χ0) is 21.1. The van der Waals surface area contributed by atoms with Gasteiger partial charge in [0.25, 0.3) is 15.9 Å². The van der Waals surface area contributed by atoms with E-state index >= 15 is 0 Å². The molecule has 0 radical (unpaired) electrons. The van der Waals surface area contributed by atoms with Gasteiger partial charge in [-0.05, 0) is 58.3 Å². The molecule has 0 atom stereocenters. The smallest absolute Gasteiger partial charge is 0.271 e. The Kier molecular flexibility index (Phi) is 5.29. The normalized spacial score (nSPS) is 11.2. The third-order valence-electron chi connectivity index (χ3n) is 4.16. The summed E-state index contributed by atoms with van der Waals surface area (Å²) in [4.78, 5) is 12.6. The summed E-state index contributed by atoms with van der Waals surface area (Å²) in [6, 6.07) is 16.6. The number of hydrogen-bond donors (Lipinski definition) is 2. The van der Waals surface area contributed by atoms with Crippen molar-refractivity contribution >= 4 is 38.6 Å². The van der Waals surface area contributed by atoms with E-state index in [-0.39, 0.29) is 10.1 Å². The number of aromatic nitrogens is 4. The van der Waals surface area contributed by atoms with E-state index in [1.54, 1.807) is 61.0 Å². The lowest BCUT2D eigenvalue weighted by atomic mass is 10.1. The first kappa shape index (κ1) is 19.7. The monoisotopic (exact) mass is 440 g/mol. The van der Waals surface area contributed by atoms with Gasteiger partial charge in [-0.1, -0.05) is 18.2 Å². The summed E-state index contributed by atoms with van der Waals surface area (Å²) in [6.45, 7) is 0. The second-order valence-corrected chi connectivity index (χ2v) is 9.13. The minimum absolute atomic E-state index is 0.224. The van der Waals surface area contributed by atoms with E-state index in [0.717, 1.165) is 16.9 Å². The maximum Gasteiger partial charge on any atom is 0.271 e. The van der Waals surface area contributed by atoms with Crippen LogP contribution >= 0.6 is 11.3 Å².